The topological polar surface area (TPSA) is 15.7 Å². The molecule has 0 radical (unpaired) electrons. The highest BCUT2D eigenvalue weighted by Crippen LogP contribution is 2.22. The van der Waals surface area contributed by atoms with E-state index in [1.807, 2.05) is 12.1 Å². The van der Waals surface area contributed by atoms with Gasteiger partial charge in [-0.1, -0.05) is 30.3 Å². The Labute approximate surface area is 159 Å². The van der Waals surface area contributed by atoms with Crippen molar-refractivity contribution in [2.45, 2.75) is 46.2 Å². The molecule has 0 amide bonds. The van der Waals surface area contributed by atoms with Gasteiger partial charge in [0.05, 0.1) is 7.11 Å². The normalized spacial score (nSPS) is 11.7. The third-order valence-corrected chi connectivity index (χ3v) is 5.08. The molecule has 0 heterocycles. The lowest BCUT2D eigenvalue weighted by molar-refractivity contribution is 0.178. The van der Waals surface area contributed by atoms with Crippen molar-refractivity contribution in [1.29, 1.82) is 0 Å². The fourth-order valence-electron chi connectivity index (χ4n) is 2.86. The molecule has 0 saturated heterocycles. The van der Waals surface area contributed by atoms with Crippen LogP contribution >= 0.6 is 0 Å². The van der Waals surface area contributed by atoms with Crippen LogP contribution in [0.1, 0.15) is 38.8 Å². The molecular weight excluding hydrogens is 320 g/mol. The van der Waals surface area contributed by atoms with E-state index in [9.17, 15) is 0 Å². The zero-order valence-corrected chi connectivity index (χ0v) is 17.2. The molecule has 2 aromatic carbocycles. The van der Waals surface area contributed by atoms with Gasteiger partial charge in [-0.25, -0.2) is 0 Å². The maximum absolute atomic E-state index is 5.35. The third kappa shape index (κ3) is 5.77. The van der Waals surface area contributed by atoms with Gasteiger partial charge in [0, 0.05) is 36.9 Å². The summed E-state index contributed by atoms with van der Waals surface area (Å²) in [5.41, 5.74) is 4.15. The van der Waals surface area contributed by atoms with Crippen molar-refractivity contribution in [2.24, 2.45) is 0 Å². The second-order valence-corrected chi connectivity index (χ2v) is 7.87. The molecule has 0 aliphatic rings. The van der Waals surface area contributed by atoms with Crippen LogP contribution < -0.4 is 9.64 Å². The lowest BCUT2D eigenvalue weighted by Crippen LogP contribution is -2.39. The molecule has 0 aromatic heterocycles. The second-order valence-electron chi connectivity index (χ2n) is 7.87. The molecule has 3 heteroatoms. The monoisotopic (exact) mass is 354 g/mol. The lowest BCUT2D eigenvalue weighted by atomic mass is 10.0. The van der Waals surface area contributed by atoms with Gasteiger partial charge in [0.1, 0.15) is 5.75 Å². The Morgan fingerprint density at radius 2 is 1.62 bits per heavy atom. The summed E-state index contributed by atoms with van der Waals surface area (Å²) in [6.45, 7) is 11.9. The zero-order valence-electron chi connectivity index (χ0n) is 17.2. The van der Waals surface area contributed by atoms with Crippen molar-refractivity contribution in [3.8, 4) is 5.75 Å². The van der Waals surface area contributed by atoms with Crippen molar-refractivity contribution >= 4 is 5.69 Å². The summed E-state index contributed by atoms with van der Waals surface area (Å²) in [4.78, 5) is 4.77. The summed E-state index contributed by atoms with van der Waals surface area (Å²) in [5, 5.41) is 0. The summed E-state index contributed by atoms with van der Waals surface area (Å²) in [6.07, 6.45) is 1.08. The average Bonchev–Trinajstić information content (AvgIpc) is 2.64. The number of rotatable bonds is 8. The number of hydrogen-bond acceptors (Lipinski definition) is 3. The van der Waals surface area contributed by atoms with Gasteiger partial charge in [0.15, 0.2) is 0 Å². The van der Waals surface area contributed by atoms with E-state index in [0.29, 0.717) is 0 Å². The van der Waals surface area contributed by atoms with Crippen molar-refractivity contribution in [2.75, 3.05) is 32.1 Å². The van der Waals surface area contributed by atoms with Gasteiger partial charge < -0.3 is 14.5 Å². The van der Waals surface area contributed by atoms with Gasteiger partial charge in [-0.2, -0.15) is 0 Å². The fourth-order valence-corrected chi connectivity index (χ4v) is 2.86. The molecule has 0 aliphatic carbocycles. The molecule has 26 heavy (non-hydrogen) atoms. The van der Waals surface area contributed by atoms with Crippen LogP contribution in [-0.4, -0.2) is 37.7 Å². The highest BCUT2D eigenvalue weighted by atomic mass is 16.5. The SMILES string of the molecule is CCN(Cc1ccc(CCN(C)C(C)(C)C)cc1)c1cccc(OC)c1. The highest BCUT2D eigenvalue weighted by molar-refractivity contribution is 5.51. The molecule has 0 saturated carbocycles. The number of hydrogen-bond donors (Lipinski definition) is 0. The number of likely N-dealkylation sites (N-methyl/N-ethyl adjacent to an activating group) is 1. The van der Waals surface area contributed by atoms with Gasteiger partial charge in [-0.3, -0.25) is 0 Å². The molecule has 0 fully saturated rings. The second kappa shape index (κ2) is 9.09. The molecular formula is C23H34N2O. The van der Waals surface area contributed by atoms with Crippen LogP contribution in [0.15, 0.2) is 48.5 Å². The Morgan fingerprint density at radius 1 is 0.962 bits per heavy atom. The van der Waals surface area contributed by atoms with E-state index in [0.717, 1.165) is 31.8 Å². The minimum Gasteiger partial charge on any atom is -0.497 e. The summed E-state index contributed by atoms with van der Waals surface area (Å²) in [5.74, 6) is 0.902. The summed E-state index contributed by atoms with van der Waals surface area (Å²) >= 11 is 0. The van der Waals surface area contributed by atoms with E-state index in [1.165, 1.54) is 16.8 Å². The molecule has 2 aromatic rings. The first-order valence-electron chi connectivity index (χ1n) is 9.51. The van der Waals surface area contributed by atoms with Gasteiger partial charge in [-0.05, 0) is 64.4 Å². The maximum atomic E-state index is 5.35. The van der Waals surface area contributed by atoms with Crippen LogP contribution in [0.25, 0.3) is 0 Å². The third-order valence-electron chi connectivity index (χ3n) is 5.08. The Balaban J connectivity index is 1.98. The first-order valence-corrected chi connectivity index (χ1v) is 9.51. The molecule has 0 aliphatic heterocycles. The molecule has 0 bridgehead atoms. The van der Waals surface area contributed by atoms with Crippen LogP contribution in [0, 0.1) is 0 Å². The van der Waals surface area contributed by atoms with Gasteiger partial charge in [-0.15, -0.1) is 0 Å². The van der Waals surface area contributed by atoms with E-state index in [1.54, 1.807) is 7.11 Å². The van der Waals surface area contributed by atoms with Crippen molar-refractivity contribution in [3.63, 3.8) is 0 Å². The van der Waals surface area contributed by atoms with E-state index in [4.69, 9.17) is 4.74 Å². The predicted molar refractivity (Wildman–Crippen MR) is 112 cm³/mol. The Kier molecular flexibility index (Phi) is 7.10. The number of nitrogens with zero attached hydrogens (tertiary/aromatic N) is 2. The smallest absolute Gasteiger partial charge is 0.120 e. The van der Waals surface area contributed by atoms with Gasteiger partial charge in [0.25, 0.3) is 0 Å². The average molecular weight is 355 g/mol. The van der Waals surface area contributed by atoms with E-state index in [2.05, 4.69) is 80.9 Å². The largest absolute Gasteiger partial charge is 0.497 e. The number of benzene rings is 2. The minimum absolute atomic E-state index is 0.221. The van der Waals surface area contributed by atoms with E-state index >= 15 is 0 Å². The van der Waals surface area contributed by atoms with E-state index < -0.39 is 0 Å². The van der Waals surface area contributed by atoms with Crippen LogP contribution in [0.2, 0.25) is 0 Å². The summed E-state index contributed by atoms with van der Waals surface area (Å²) in [7, 11) is 3.91. The maximum Gasteiger partial charge on any atom is 0.120 e. The molecule has 2 rings (SSSR count). The van der Waals surface area contributed by atoms with Crippen LogP contribution in [0.5, 0.6) is 5.75 Å². The molecule has 0 spiro atoms. The van der Waals surface area contributed by atoms with Crippen molar-refractivity contribution in [3.05, 3.63) is 59.7 Å². The first kappa shape index (κ1) is 20.3. The van der Waals surface area contributed by atoms with Crippen LogP contribution in [0.3, 0.4) is 0 Å². The summed E-state index contributed by atoms with van der Waals surface area (Å²) < 4.78 is 5.35. The summed E-state index contributed by atoms with van der Waals surface area (Å²) in [6, 6.07) is 17.3. The zero-order chi connectivity index (χ0) is 19.2. The van der Waals surface area contributed by atoms with Gasteiger partial charge in [0.2, 0.25) is 0 Å². The molecule has 3 nitrogen and oxygen atoms in total. The fraction of sp³-hybridized carbons (Fsp3) is 0.478. The number of ether oxygens (including phenoxy) is 1. The lowest BCUT2D eigenvalue weighted by Gasteiger charge is -2.31. The predicted octanol–water partition coefficient (Wildman–Crippen LogP) is 4.99. The Bertz CT molecular complexity index is 673. The van der Waals surface area contributed by atoms with Gasteiger partial charge >= 0.3 is 0 Å². The highest BCUT2D eigenvalue weighted by Gasteiger charge is 2.16. The molecule has 142 valence electrons. The quantitative estimate of drug-likeness (QED) is 0.664. The molecule has 0 unspecified atom stereocenters. The number of anilines is 1. The standard InChI is InChI=1S/C23H34N2O/c1-7-25(21-9-8-10-22(17-21)26-6)18-20-13-11-19(12-14-20)15-16-24(5)23(2,3)4/h8-14,17H,7,15-16,18H2,1-6H3. The van der Waals surface area contributed by atoms with Crippen molar-refractivity contribution < 1.29 is 4.74 Å². The number of methoxy groups -OCH3 is 1. The molecule has 0 atom stereocenters. The molecule has 0 N–H and O–H groups in total. The van der Waals surface area contributed by atoms with Crippen molar-refractivity contribution in [1.82, 2.24) is 4.90 Å². The minimum atomic E-state index is 0.221. The van der Waals surface area contributed by atoms with Crippen LogP contribution in [0.4, 0.5) is 5.69 Å². The first-order chi connectivity index (χ1) is 12.3. The van der Waals surface area contributed by atoms with E-state index in [-0.39, 0.29) is 5.54 Å². The Hall–Kier alpha value is -2.00. The Morgan fingerprint density at radius 3 is 2.19 bits per heavy atom. The van der Waals surface area contributed by atoms with Crippen LogP contribution in [-0.2, 0) is 13.0 Å².